The first-order valence-electron chi connectivity index (χ1n) is 8.98. The van der Waals surface area contributed by atoms with Crippen molar-refractivity contribution in [3.63, 3.8) is 0 Å². The van der Waals surface area contributed by atoms with Gasteiger partial charge in [0.1, 0.15) is 11.5 Å². The fraction of sp³-hybridized carbons (Fsp3) is 0.381. The van der Waals surface area contributed by atoms with Gasteiger partial charge < -0.3 is 19.7 Å². The van der Waals surface area contributed by atoms with E-state index >= 15 is 0 Å². The molecule has 1 aliphatic heterocycles. The van der Waals surface area contributed by atoms with Crippen molar-refractivity contribution >= 4 is 6.03 Å². The molecule has 0 radical (unpaired) electrons. The van der Waals surface area contributed by atoms with E-state index in [1.807, 2.05) is 48.2 Å². The molecule has 5 nitrogen and oxygen atoms in total. The summed E-state index contributed by atoms with van der Waals surface area (Å²) in [6.45, 7) is 2.74. The van der Waals surface area contributed by atoms with Crippen LogP contribution in [0.2, 0.25) is 0 Å². The minimum absolute atomic E-state index is 0.0401. The van der Waals surface area contributed by atoms with E-state index in [0.717, 1.165) is 30.7 Å². The number of carbonyl (C=O) groups is 1. The first-order chi connectivity index (χ1) is 12.6. The molecule has 0 aromatic heterocycles. The Labute approximate surface area is 154 Å². The van der Waals surface area contributed by atoms with E-state index in [1.165, 1.54) is 5.56 Å². The Hall–Kier alpha value is -2.69. The Bertz CT molecular complexity index is 748. The van der Waals surface area contributed by atoms with E-state index in [2.05, 4.69) is 17.4 Å². The molecule has 0 spiro atoms. The smallest absolute Gasteiger partial charge is 0.318 e. The Balaban J connectivity index is 1.73. The number of hydrogen-bond donors (Lipinski definition) is 1. The van der Waals surface area contributed by atoms with Crippen LogP contribution in [0.4, 0.5) is 4.79 Å². The van der Waals surface area contributed by atoms with E-state index in [4.69, 9.17) is 9.47 Å². The summed E-state index contributed by atoms with van der Waals surface area (Å²) < 4.78 is 10.7. The lowest BCUT2D eigenvalue weighted by molar-refractivity contribution is 0.189. The molecule has 2 aromatic rings. The molecule has 138 valence electrons. The number of rotatable bonds is 5. The molecule has 26 heavy (non-hydrogen) atoms. The molecule has 1 fully saturated rings. The second-order valence-corrected chi connectivity index (χ2v) is 6.54. The van der Waals surface area contributed by atoms with Crippen LogP contribution in [0.25, 0.3) is 0 Å². The number of benzene rings is 2. The first kappa shape index (κ1) is 18.1. The summed E-state index contributed by atoms with van der Waals surface area (Å²) in [6.07, 6.45) is 2.02. The molecule has 1 heterocycles. The minimum atomic E-state index is -0.166. The third kappa shape index (κ3) is 3.77. The van der Waals surface area contributed by atoms with Crippen LogP contribution >= 0.6 is 0 Å². The van der Waals surface area contributed by atoms with Gasteiger partial charge in [-0.3, -0.25) is 0 Å². The largest absolute Gasteiger partial charge is 0.497 e. The van der Waals surface area contributed by atoms with Crippen molar-refractivity contribution in [3.8, 4) is 11.5 Å². The van der Waals surface area contributed by atoms with Gasteiger partial charge in [-0.2, -0.15) is 0 Å². The fourth-order valence-electron chi connectivity index (χ4n) is 3.55. The molecule has 0 saturated carbocycles. The van der Waals surface area contributed by atoms with Crippen LogP contribution < -0.4 is 14.8 Å². The molecule has 0 bridgehead atoms. The number of hydrogen-bond acceptors (Lipinski definition) is 3. The number of ether oxygens (including phenoxy) is 2. The lowest BCUT2D eigenvalue weighted by atomic mass is 10.0. The highest BCUT2D eigenvalue weighted by molar-refractivity contribution is 5.75. The maximum atomic E-state index is 12.9. The van der Waals surface area contributed by atoms with Gasteiger partial charge in [0, 0.05) is 18.2 Å². The third-order valence-corrected chi connectivity index (χ3v) is 4.95. The molecular formula is C21H26N2O3. The van der Waals surface area contributed by atoms with Crippen molar-refractivity contribution in [2.45, 2.75) is 31.8 Å². The quantitative estimate of drug-likeness (QED) is 0.870. The van der Waals surface area contributed by atoms with Crippen molar-refractivity contribution in [3.05, 3.63) is 59.7 Å². The summed E-state index contributed by atoms with van der Waals surface area (Å²) in [5.74, 6) is 1.44. The van der Waals surface area contributed by atoms with Crippen LogP contribution in [0.3, 0.4) is 0 Å². The predicted octanol–water partition coefficient (Wildman–Crippen LogP) is 4.31. The molecule has 0 aliphatic carbocycles. The van der Waals surface area contributed by atoms with Gasteiger partial charge in [-0.15, -0.1) is 0 Å². The van der Waals surface area contributed by atoms with E-state index in [0.29, 0.717) is 5.75 Å². The van der Waals surface area contributed by atoms with Crippen molar-refractivity contribution in [1.82, 2.24) is 10.2 Å². The average molecular weight is 354 g/mol. The van der Waals surface area contributed by atoms with Gasteiger partial charge in [-0.1, -0.05) is 30.3 Å². The Morgan fingerprint density at radius 3 is 2.62 bits per heavy atom. The van der Waals surface area contributed by atoms with Crippen LogP contribution in [-0.2, 0) is 0 Å². The fourth-order valence-corrected chi connectivity index (χ4v) is 3.55. The van der Waals surface area contributed by atoms with Gasteiger partial charge in [0.25, 0.3) is 0 Å². The van der Waals surface area contributed by atoms with Crippen LogP contribution in [0.5, 0.6) is 11.5 Å². The van der Waals surface area contributed by atoms with Gasteiger partial charge >= 0.3 is 6.03 Å². The Morgan fingerprint density at radius 1 is 1.15 bits per heavy atom. The molecule has 2 unspecified atom stereocenters. The van der Waals surface area contributed by atoms with Crippen LogP contribution in [0.15, 0.2) is 48.5 Å². The van der Waals surface area contributed by atoms with Crippen molar-refractivity contribution in [2.24, 2.45) is 0 Å². The molecule has 1 saturated heterocycles. The molecule has 2 atom stereocenters. The number of methoxy groups -OCH3 is 2. The molecular weight excluding hydrogens is 328 g/mol. The monoisotopic (exact) mass is 354 g/mol. The number of urea groups is 1. The third-order valence-electron chi connectivity index (χ3n) is 4.95. The number of amides is 2. The average Bonchev–Trinajstić information content (AvgIpc) is 3.18. The summed E-state index contributed by atoms with van der Waals surface area (Å²) in [5.41, 5.74) is 2.12. The molecule has 1 aliphatic rings. The van der Waals surface area contributed by atoms with Crippen LogP contribution in [-0.4, -0.2) is 31.7 Å². The maximum absolute atomic E-state index is 12.9. The van der Waals surface area contributed by atoms with Gasteiger partial charge in [-0.05, 0) is 37.5 Å². The molecule has 5 heteroatoms. The van der Waals surface area contributed by atoms with E-state index in [-0.39, 0.29) is 18.1 Å². The SMILES string of the molecule is COc1ccc(C(C)NC(=O)N2CCCC2c2ccccc2)c(OC)c1. The Morgan fingerprint density at radius 2 is 1.92 bits per heavy atom. The second kappa shape index (κ2) is 8.13. The number of likely N-dealkylation sites (tertiary alicyclic amines) is 1. The molecule has 3 rings (SSSR count). The van der Waals surface area contributed by atoms with Crippen molar-refractivity contribution in [1.29, 1.82) is 0 Å². The first-order valence-corrected chi connectivity index (χ1v) is 8.98. The highest BCUT2D eigenvalue weighted by Crippen LogP contribution is 2.33. The highest BCUT2D eigenvalue weighted by atomic mass is 16.5. The summed E-state index contributed by atoms with van der Waals surface area (Å²) >= 11 is 0. The lowest BCUT2D eigenvalue weighted by Gasteiger charge is -2.27. The van der Waals surface area contributed by atoms with Gasteiger partial charge in [-0.25, -0.2) is 4.79 Å². The Kier molecular flexibility index (Phi) is 5.66. The predicted molar refractivity (Wildman–Crippen MR) is 102 cm³/mol. The normalized spacial score (nSPS) is 17.7. The van der Waals surface area contributed by atoms with E-state index in [9.17, 15) is 4.79 Å². The van der Waals surface area contributed by atoms with Crippen molar-refractivity contribution < 1.29 is 14.3 Å². The van der Waals surface area contributed by atoms with Gasteiger partial charge in [0.2, 0.25) is 0 Å². The highest BCUT2D eigenvalue weighted by Gasteiger charge is 2.30. The molecule has 2 aromatic carbocycles. The zero-order chi connectivity index (χ0) is 18.5. The number of carbonyl (C=O) groups excluding carboxylic acids is 1. The second-order valence-electron chi connectivity index (χ2n) is 6.54. The summed E-state index contributed by atoms with van der Waals surface area (Å²) in [6, 6.07) is 15.8. The van der Waals surface area contributed by atoms with Crippen LogP contribution in [0.1, 0.15) is 43.0 Å². The molecule has 2 amide bonds. The lowest BCUT2D eigenvalue weighted by Crippen LogP contribution is -2.40. The summed E-state index contributed by atoms with van der Waals surface area (Å²) in [7, 11) is 3.25. The number of nitrogens with zero attached hydrogens (tertiary/aromatic N) is 1. The van der Waals surface area contributed by atoms with Crippen LogP contribution in [0, 0.1) is 0 Å². The topological polar surface area (TPSA) is 50.8 Å². The van der Waals surface area contributed by atoms with Gasteiger partial charge in [0.05, 0.1) is 26.3 Å². The van der Waals surface area contributed by atoms with E-state index in [1.54, 1.807) is 14.2 Å². The molecule has 1 N–H and O–H groups in total. The minimum Gasteiger partial charge on any atom is -0.497 e. The standard InChI is InChI=1S/C21H26N2O3/c1-15(18-12-11-17(25-2)14-20(18)26-3)22-21(24)23-13-7-10-19(23)16-8-5-4-6-9-16/h4-6,8-9,11-12,14-15,19H,7,10,13H2,1-3H3,(H,22,24). The zero-order valence-corrected chi connectivity index (χ0v) is 15.6. The summed E-state index contributed by atoms with van der Waals surface area (Å²) in [5, 5.41) is 3.12. The maximum Gasteiger partial charge on any atom is 0.318 e. The zero-order valence-electron chi connectivity index (χ0n) is 15.6. The van der Waals surface area contributed by atoms with Gasteiger partial charge in [0.15, 0.2) is 0 Å². The van der Waals surface area contributed by atoms with E-state index < -0.39 is 0 Å². The summed E-state index contributed by atoms with van der Waals surface area (Å²) in [4.78, 5) is 14.8. The number of nitrogens with one attached hydrogen (secondary N) is 1. The van der Waals surface area contributed by atoms with Crippen molar-refractivity contribution in [2.75, 3.05) is 20.8 Å².